The highest BCUT2D eigenvalue weighted by atomic mass is 32.2. The molecule has 0 heterocycles. The number of rotatable bonds is 6. The minimum Gasteiger partial charge on any atom is -0.352 e. The van der Waals surface area contributed by atoms with Crippen molar-refractivity contribution in [3.05, 3.63) is 59.9 Å². The van der Waals surface area contributed by atoms with E-state index in [9.17, 15) is 17.6 Å². The summed E-state index contributed by atoms with van der Waals surface area (Å²) in [5.41, 5.74) is 1.37. The van der Waals surface area contributed by atoms with E-state index in [-0.39, 0.29) is 23.4 Å². The molecule has 132 valence electrons. The maximum atomic E-state index is 13.1. The van der Waals surface area contributed by atoms with E-state index in [1.807, 2.05) is 6.92 Å². The third-order valence-corrected chi connectivity index (χ3v) is 5.74. The van der Waals surface area contributed by atoms with E-state index < -0.39 is 15.8 Å². The van der Waals surface area contributed by atoms with Crippen molar-refractivity contribution in [1.82, 2.24) is 5.32 Å². The molecule has 2 aromatic rings. The fraction of sp³-hybridized carbons (Fsp3) is 0.278. The number of carbonyl (C=O) groups is 1. The van der Waals surface area contributed by atoms with Crippen molar-refractivity contribution >= 4 is 21.6 Å². The number of carbonyl (C=O) groups excluding carboxylic acids is 1. The van der Waals surface area contributed by atoms with Crippen molar-refractivity contribution in [2.24, 2.45) is 0 Å². The molecule has 0 aromatic heterocycles. The SMILES string of the molecule is Cc1ccc(N(CC(=O)NC2CC2)S(=O)(=O)c2ccc(F)cc2)cc1. The Kier molecular flexibility index (Phi) is 4.76. The molecule has 0 unspecified atom stereocenters. The second kappa shape index (κ2) is 6.84. The van der Waals surface area contributed by atoms with E-state index in [1.165, 1.54) is 12.1 Å². The lowest BCUT2D eigenvalue weighted by molar-refractivity contribution is -0.119. The van der Waals surface area contributed by atoms with Crippen LogP contribution in [-0.4, -0.2) is 26.9 Å². The highest BCUT2D eigenvalue weighted by molar-refractivity contribution is 7.92. The zero-order valence-electron chi connectivity index (χ0n) is 13.8. The van der Waals surface area contributed by atoms with Gasteiger partial charge in [0.05, 0.1) is 10.6 Å². The van der Waals surface area contributed by atoms with Crippen LogP contribution in [0.25, 0.3) is 0 Å². The smallest absolute Gasteiger partial charge is 0.264 e. The molecule has 1 amide bonds. The molecule has 2 aromatic carbocycles. The quantitative estimate of drug-likeness (QED) is 0.859. The van der Waals surface area contributed by atoms with Crippen molar-refractivity contribution in [3.63, 3.8) is 0 Å². The number of nitrogens with one attached hydrogen (secondary N) is 1. The third kappa shape index (κ3) is 4.17. The second-order valence-electron chi connectivity index (χ2n) is 6.14. The van der Waals surface area contributed by atoms with E-state index >= 15 is 0 Å². The van der Waals surface area contributed by atoms with Gasteiger partial charge in [-0.05, 0) is 56.2 Å². The summed E-state index contributed by atoms with van der Waals surface area (Å²) in [6.45, 7) is 1.57. The molecular formula is C18H19FN2O3S. The van der Waals surface area contributed by atoms with Gasteiger partial charge in [0.25, 0.3) is 10.0 Å². The summed E-state index contributed by atoms with van der Waals surface area (Å²) in [5.74, 6) is -0.874. The van der Waals surface area contributed by atoms with Gasteiger partial charge in [-0.15, -0.1) is 0 Å². The molecule has 1 aliphatic carbocycles. The van der Waals surface area contributed by atoms with Crippen LogP contribution < -0.4 is 9.62 Å². The van der Waals surface area contributed by atoms with Gasteiger partial charge in [0.15, 0.2) is 0 Å². The van der Waals surface area contributed by atoms with Gasteiger partial charge < -0.3 is 5.32 Å². The summed E-state index contributed by atoms with van der Waals surface area (Å²) in [6.07, 6.45) is 1.84. The summed E-state index contributed by atoms with van der Waals surface area (Å²) in [7, 11) is -3.99. The first-order valence-electron chi connectivity index (χ1n) is 8.00. The monoisotopic (exact) mass is 362 g/mol. The molecule has 1 saturated carbocycles. The Bertz CT molecular complexity index is 860. The van der Waals surface area contributed by atoms with Crippen molar-refractivity contribution in [2.45, 2.75) is 30.7 Å². The lowest BCUT2D eigenvalue weighted by atomic mass is 10.2. The van der Waals surface area contributed by atoms with Crippen LogP contribution in [-0.2, 0) is 14.8 Å². The van der Waals surface area contributed by atoms with Crippen LogP contribution in [0.2, 0.25) is 0 Å². The Morgan fingerprint density at radius 1 is 1.12 bits per heavy atom. The maximum absolute atomic E-state index is 13.1. The van der Waals surface area contributed by atoms with Crippen molar-refractivity contribution < 1.29 is 17.6 Å². The highest BCUT2D eigenvalue weighted by Crippen LogP contribution is 2.25. The topological polar surface area (TPSA) is 66.5 Å². The molecule has 0 saturated heterocycles. The van der Waals surface area contributed by atoms with Gasteiger partial charge in [-0.3, -0.25) is 9.10 Å². The maximum Gasteiger partial charge on any atom is 0.264 e. The van der Waals surface area contributed by atoms with E-state index in [4.69, 9.17) is 0 Å². The standard InChI is InChI=1S/C18H19FN2O3S/c1-13-2-8-16(9-3-13)21(12-18(22)20-15-6-7-15)25(23,24)17-10-4-14(19)5-11-17/h2-5,8-11,15H,6-7,12H2,1H3,(H,20,22). The summed E-state index contributed by atoms with van der Waals surface area (Å²) in [5, 5.41) is 2.79. The molecule has 0 spiro atoms. The molecule has 1 N–H and O–H groups in total. The number of anilines is 1. The normalized spacial score (nSPS) is 14.2. The molecule has 7 heteroatoms. The number of aryl methyl sites for hydroxylation is 1. The molecule has 1 aliphatic rings. The van der Waals surface area contributed by atoms with Gasteiger partial charge >= 0.3 is 0 Å². The Morgan fingerprint density at radius 2 is 1.72 bits per heavy atom. The number of sulfonamides is 1. The molecular weight excluding hydrogens is 343 g/mol. The average molecular weight is 362 g/mol. The van der Waals surface area contributed by atoms with Crippen LogP contribution in [0.5, 0.6) is 0 Å². The van der Waals surface area contributed by atoms with Crippen molar-refractivity contribution in [3.8, 4) is 0 Å². The fourth-order valence-corrected chi connectivity index (χ4v) is 3.81. The number of benzene rings is 2. The van der Waals surface area contributed by atoms with Crippen molar-refractivity contribution in [1.29, 1.82) is 0 Å². The molecule has 5 nitrogen and oxygen atoms in total. The summed E-state index contributed by atoms with van der Waals surface area (Å²) in [6, 6.07) is 11.6. The molecule has 3 rings (SSSR count). The lowest BCUT2D eigenvalue weighted by Crippen LogP contribution is -2.41. The summed E-state index contributed by atoms with van der Waals surface area (Å²) < 4.78 is 40.2. The molecule has 0 atom stereocenters. The number of hydrogen-bond acceptors (Lipinski definition) is 3. The van der Waals surface area contributed by atoms with Crippen molar-refractivity contribution in [2.75, 3.05) is 10.8 Å². The molecule has 25 heavy (non-hydrogen) atoms. The van der Waals surface area contributed by atoms with Crippen LogP contribution in [0.4, 0.5) is 10.1 Å². The highest BCUT2D eigenvalue weighted by Gasteiger charge is 2.29. The van der Waals surface area contributed by atoms with Gasteiger partial charge in [-0.2, -0.15) is 0 Å². The Morgan fingerprint density at radius 3 is 2.28 bits per heavy atom. The Labute approximate surface area is 146 Å². The first-order valence-corrected chi connectivity index (χ1v) is 9.44. The van der Waals surface area contributed by atoms with Crippen LogP contribution in [0.3, 0.4) is 0 Å². The van der Waals surface area contributed by atoms with Crippen LogP contribution in [0.15, 0.2) is 53.4 Å². The minimum atomic E-state index is -3.99. The Balaban J connectivity index is 1.94. The Hall–Kier alpha value is -2.41. The molecule has 1 fully saturated rings. The van der Waals surface area contributed by atoms with E-state index in [0.29, 0.717) is 5.69 Å². The third-order valence-electron chi connectivity index (χ3n) is 3.95. The van der Waals surface area contributed by atoms with Gasteiger partial charge in [0.2, 0.25) is 5.91 Å². The average Bonchev–Trinajstić information content (AvgIpc) is 3.38. The van der Waals surface area contributed by atoms with Crippen LogP contribution >= 0.6 is 0 Å². The summed E-state index contributed by atoms with van der Waals surface area (Å²) >= 11 is 0. The second-order valence-corrected chi connectivity index (χ2v) is 8.01. The first-order chi connectivity index (χ1) is 11.9. The number of hydrogen-bond donors (Lipinski definition) is 1. The minimum absolute atomic E-state index is 0.0614. The van der Waals surface area contributed by atoms with Gasteiger partial charge in [0, 0.05) is 6.04 Å². The number of halogens is 1. The zero-order valence-corrected chi connectivity index (χ0v) is 14.6. The van der Waals surface area contributed by atoms with Gasteiger partial charge in [0.1, 0.15) is 12.4 Å². The molecule has 0 bridgehead atoms. The lowest BCUT2D eigenvalue weighted by Gasteiger charge is -2.24. The number of nitrogens with zero attached hydrogens (tertiary/aromatic N) is 1. The fourth-order valence-electron chi connectivity index (χ4n) is 2.39. The molecule has 0 aliphatic heterocycles. The number of amides is 1. The van der Waals surface area contributed by atoms with Crippen LogP contribution in [0.1, 0.15) is 18.4 Å². The van der Waals surface area contributed by atoms with Gasteiger partial charge in [-0.1, -0.05) is 17.7 Å². The largest absolute Gasteiger partial charge is 0.352 e. The predicted octanol–water partition coefficient (Wildman–Crippen LogP) is 2.61. The zero-order chi connectivity index (χ0) is 18.0. The van der Waals surface area contributed by atoms with E-state index in [1.54, 1.807) is 24.3 Å². The van der Waals surface area contributed by atoms with E-state index in [0.717, 1.165) is 34.8 Å². The molecule has 0 radical (unpaired) electrons. The predicted molar refractivity (Wildman–Crippen MR) is 93.3 cm³/mol. The van der Waals surface area contributed by atoms with E-state index in [2.05, 4.69) is 5.32 Å². The summed E-state index contributed by atoms with van der Waals surface area (Å²) in [4.78, 5) is 12.1. The first kappa shape index (κ1) is 17.4. The van der Waals surface area contributed by atoms with Crippen LogP contribution in [0, 0.1) is 12.7 Å². The van der Waals surface area contributed by atoms with Gasteiger partial charge in [-0.25, -0.2) is 12.8 Å².